The second-order valence-electron chi connectivity index (χ2n) is 5.63. The molecule has 1 N–H and O–H groups in total. The molecule has 1 saturated heterocycles. The van der Waals surface area contributed by atoms with E-state index in [0.717, 1.165) is 25.9 Å². The van der Waals surface area contributed by atoms with Crippen LogP contribution in [0.4, 0.5) is 0 Å². The van der Waals surface area contributed by atoms with Gasteiger partial charge in [0.1, 0.15) is 6.04 Å². The Morgan fingerprint density at radius 3 is 2.26 bits per heavy atom. The molecule has 1 heterocycles. The number of hydrogen-bond acceptors (Lipinski definition) is 4. The van der Waals surface area contributed by atoms with Crippen LogP contribution in [0.2, 0.25) is 0 Å². The van der Waals surface area contributed by atoms with Crippen molar-refractivity contribution in [2.45, 2.75) is 52.1 Å². The maximum Gasteiger partial charge on any atom is 0.322 e. The Labute approximate surface area is 115 Å². The molecule has 19 heavy (non-hydrogen) atoms. The Balaban J connectivity index is 2.56. The van der Waals surface area contributed by atoms with Crippen LogP contribution in [-0.2, 0) is 14.3 Å². The van der Waals surface area contributed by atoms with Gasteiger partial charge in [0.2, 0.25) is 5.91 Å². The van der Waals surface area contributed by atoms with Crippen LogP contribution >= 0.6 is 0 Å². The minimum atomic E-state index is -0.411. The van der Waals surface area contributed by atoms with E-state index in [-0.39, 0.29) is 17.9 Å². The second-order valence-corrected chi connectivity index (χ2v) is 5.63. The van der Waals surface area contributed by atoms with Crippen LogP contribution in [0.5, 0.6) is 0 Å². The first-order valence-electron chi connectivity index (χ1n) is 7.08. The van der Waals surface area contributed by atoms with Crippen LogP contribution in [0.15, 0.2) is 0 Å². The van der Waals surface area contributed by atoms with E-state index in [9.17, 15) is 9.59 Å². The fourth-order valence-corrected chi connectivity index (χ4v) is 2.43. The molecule has 1 aliphatic heterocycles. The maximum absolute atomic E-state index is 12.2. The molecule has 0 saturated carbocycles. The maximum atomic E-state index is 12.2. The zero-order valence-electron chi connectivity index (χ0n) is 12.4. The van der Waals surface area contributed by atoms with Gasteiger partial charge in [-0.2, -0.15) is 0 Å². The van der Waals surface area contributed by atoms with Crippen molar-refractivity contribution in [1.29, 1.82) is 0 Å². The highest BCUT2D eigenvalue weighted by atomic mass is 16.5. The molecule has 1 aliphatic rings. The number of amides is 1. The summed E-state index contributed by atoms with van der Waals surface area (Å²) in [5.74, 6) is 0.149. The number of carbonyl (C=O) groups is 2. The fraction of sp³-hybridized carbons (Fsp3) is 0.857. The summed E-state index contributed by atoms with van der Waals surface area (Å²) in [6.07, 6.45) is 2.82. The van der Waals surface area contributed by atoms with E-state index in [0.29, 0.717) is 12.3 Å². The molecule has 0 aromatic carbocycles. The summed E-state index contributed by atoms with van der Waals surface area (Å²) in [4.78, 5) is 25.8. The van der Waals surface area contributed by atoms with Gasteiger partial charge in [-0.15, -0.1) is 0 Å². The van der Waals surface area contributed by atoms with Crippen molar-refractivity contribution < 1.29 is 14.3 Å². The highest BCUT2D eigenvalue weighted by Gasteiger charge is 2.28. The summed E-state index contributed by atoms with van der Waals surface area (Å²) in [6, 6.07) is -0.757. The first kappa shape index (κ1) is 16.0. The lowest BCUT2D eigenvalue weighted by Crippen LogP contribution is -2.50. The molecule has 2 atom stereocenters. The predicted octanol–water partition coefficient (Wildman–Crippen LogP) is 1.17. The molecule has 0 aliphatic carbocycles. The van der Waals surface area contributed by atoms with Gasteiger partial charge in [-0.05, 0) is 32.1 Å². The molecular weight excluding hydrogens is 244 g/mol. The Bertz CT molecular complexity index is 312. The standard InChI is InChI=1S/C14H26N2O3/c1-10(2)9-12(14(18)19-4)15-11(3)13(17)16-7-5-6-8-16/h10-12,15H,5-9H2,1-4H3. The van der Waals surface area contributed by atoms with E-state index in [1.54, 1.807) is 0 Å². The van der Waals surface area contributed by atoms with Gasteiger partial charge in [0.05, 0.1) is 13.2 Å². The summed E-state index contributed by atoms with van der Waals surface area (Å²) >= 11 is 0. The number of likely N-dealkylation sites (tertiary alicyclic amines) is 1. The van der Waals surface area contributed by atoms with Crippen molar-refractivity contribution in [2.75, 3.05) is 20.2 Å². The van der Waals surface area contributed by atoms with E-state index in [1.807, 2.05) is 25.7 Å². The lowest BCUT2D eigenvalue weighted by molar-refractivity contribution is -0.144. The number of nitrogens with zero attached hydrogens (tertiary/aromatic N) is 1. The van der Waals surface area contributed by atoms with Gasteiger partial charge in [0.25, 0.3) is 0 Å². The number of rotatable bonds is 6. The monoisotopic (exact) mass is 270 g/mol. The number of methoxy groups -OCH3 is 1. The summed E-state index contributed by atoms with van der Waals surface area (Å²) in [7, 11) is 1.38. The van der Waals surface area contributed by atoms with Crippen molar-refractivity contribution in [3.63, 3.8) is 0 Å². The Hall–Kier alpha value is -1.10. The first-order chi connectivity index (χ1) is 8.95. The first-order valence-corrected chi connectivity index (χ1v) is 7.08. The average Bonchev–Trinajstić information content (AvgIpc) is 2.89. The van der Waals surface area contributed by atoms with Crippen molar-refractivity contribution in [2.24, 2.45) is 5.92 Å². The molecule has 110 valence electrons. The van der Waals surface area contributed by atoms with Gasteiger partial charge >= 0.3 is 5.97 Å². The quantitative estimate of drug-likeness (QED) is 0.736. The molecule has 1 fully saturated rings. The molecule has 0 aromatic rings. The zero-order valence-corrected chi connectivity index (χ0v) is 12.4. The largest absolute Gasteiger partial charge is 0.468 e. The van der Waals surface area contributed by atoms with E-state index in [1.165, 1.54) is 7.11 Å². The highest BCUT2D eigenvalue weighted by molar-refractivity contribution is 5.83. The number of ether oxygens (including phenoxy) is 1. The SMILES string of the molecule is COC(=O)C(CC(C)C)NC(C)C(=O)N1CCCC1. The van der Waals surface area contributed by atoms with Gasteiger partial charge in [-0.25, -0.2) is 0 Å². The van der Waals surface area contributed by atoms with Crippen molar-refractivity contribution in [1.82, 2.24) is 10.2 Å². The smallest absolute Gasteiger partial charge is 0.322 e. The number of carbonyl (C=O) groups excluding carboxylic acids is 2. The number of nitrogens with one attached hydrogen (secondary N) is 1. The average molecular weight is 270 g/mol. The third kappa shape index (κ3) is 4.82. The van der Waals surface area contributed by atoms with E-state index < -0.39 is 6.04 Å². The topological polar surface area (TPSA) is 58.6 Å². The molecule has 0 bridgehead atoms. The molecule has 0 spiro atoms. The molecular formula is C14H26N2O3. The summed E-state index contributed by atoms with van der Waals surface area (Å²) in [5.41, 5.74) is 0. The Morgan fingerprint density at radius 1 is 1.21 bits per heavy atom. The molecule has 0 aromatic heterocycles. The highest BCUT2D eigenvalue weighted by Crippen LogP contribution is 2.11. The summed E-state index contributed by atoms with van der Waals surface area (Å²) in [6.45, 7) is 7.57. The fourth-order valence-electron chi connectivity index (χ4n) is 2.43. The predicted molar refractivity (Wildman–Crippen MR) is 73.7 cm³/mol. The van der Waals surface area contributed by atoms with Gasteiger partial charge in [-0.3, -0.25) is 14.9 Å². The van der Waals surface area contributed by atoms with Crippen molar-refractivity contribution >= 4 is 11.9 Å². The minimum absolute atomic E-state index is 0.0789. The van der Waals surface area contributed by atoms with Gasteiger partial charge in [0.15, 0.2) is 0 Å². The molecule has 5 heteroatoms. The minimum Gasteiger partial charge on any atom is -0.468 e. The molecule has 1 rings (SSSR count). The molecule has 1 amide bonds. The molecule has 5 nitrogen and oxygen atoms in total. The van der Waals surface area contributed by atoms with Crippen LogP contribution in [0.1, 0.15) is 40.0 Å². The normalized spacial score (nSPS) is 18.5. The van der Waals surface area contributed by atoms with Gasteiger partial charge < -0.3 is 9.64 Å². The van der Waals surface area contributed by atoms with Gasteiger partial charge in [0, 0.05) is 13.1 Å². The lowest BCUT2D eigenvalue weighted by Gasteiger charge is -2.25. The third-order valence-electron chi connectivity index (χ3n) is 3.43. The lowest BCUT2D eigenvalue weighted by atomic mass is 10.0. The molecule has 0 radical (unpaired) electrons. The van der Waals surface area contributed by atoms with E-state index >= 15 is 0 Å². The second kappa shape index (κ2) is 7.48. The van der Waals surface area contributed by atoms with Crippen LogP contribution in [0.25, 0.3) is 0 Å². The van der Waals surface area contributed by atoms with Crippen molar-refractivity contribution in [3.05, 3.63) is 0 Å². The molecule has 2 unspecified atom stereocenters. The number of esters is 1. The number of hydrogen-bond donors (Lipinski definition) is 1. The van der Waals surface area contributed by atoms with Crippen LogP contribution in [-0.4, -0.2) is 49.1 Å². The summed E-state index contributed by atoms with van der Waals surface area (Å²) < 4.78 is 4.79. The third-order valence-corrected chi connectivity index (χ3v) is 3.43. The van der Waals surface area contributed by atoms with Crippen LogP contribution in [0.3, 0.4) is 0 Å². The van der Waals surface area contributed by atoms with Crippen molar-refractivity contribution in [3.8, 4) is 0 Å². The van der Waals surface area contributed by atoms with Crippen LogP contribution in [0, 0.1) is 5.92 Å². The Kier molecular flexibility index (Phi) is 6.28. The zero-order chi connectivity index (χ0) is 14.4. The summed E-state index contributed by atoms with van der Waals surface area (Å²) in [5, 5.41) is 3.11. The van der Waals surface area contributed by atoms with Crippen LogP contribution < -0.4 is 5.32 Å². The van der Waals surface area contributed by atoms with E-state index in [4.69, 9.17) is 4.74 Å². The Morgan fingerprint density at radius 2 is 1.79 bits per heavy atom. The van der Waals surface area contributed by atoms with E-state index in [2.05, 4.69) is 5.32 Å². The van der Waals surface area contributed by atoms with Gasteiger partial charge in [-0.1, -0.05) is 13.8 Å².